The Balaban J connectivity index is 3.32. The molecule has 3 heteroatoms. The lowest BCUT2D eigenvalue weighted by Gasteiger charge is -2.20. The Kier molecular flexibility index (Phi) is 8.40. The molecule has 0 spiro atoms. The summed E-state index contributed by atoms with van der Waals surface area (Å²) in [7, 11) is 2.18. The Morgan fingerprint density at radius 3 is 2.23 bits per heavy atom. The van der Waals surface area contributed by atoms with Gasteiger partial charge in [-0.2, -0.15) is 0 Å². The van der Waals surface area contributed by atoms with Crippen molar-refractivity contribution in [3.8, 4) is 0 Å². The lowest BCUT2D eigenvalue weighted by Crippen LogP contribution is -2.32. The van der Waals surface area contributed by atoms with Crippen LogP contribution in [0.3, 0.4) is 0 Å². The molecule has 0 saturated carbocycles. The van der Waals surface area contributed by atoms with E-state index in [1.54, 1.807) is 0 Å². The zero-order valence-electron chi connectivity index (χ0n) is 9.42. The Labute approximate surface area is 82.9 Å². The molecular weight excluding hydrogens is 162 g/mol. The first-order valence-corrected chi connectivity index (χ1v) is 5.35. The second-order valence-electron chi connectivity index (χ2n) is 3.55. The van der Waals surface area contributed by atoms with Crippen LogP contribution >= 0.6 is 0 Å². The minimum Gasteiger partial charge on any atom is -0.318 e. The summed E-state index contributed by atoms with van der Waals surface area (Å²) in [6.45, 7) is 9.64. The maximum atomic E-state index is 5.57. The molecule has 0 aromatic heterocycles. The van der Waals surface area contributed by atoms with E-state index in [1.807, 2.05) is 0 Å². The Morgan fingerprint density at radius 1 is 1.08 bits per heavy atom. The fraction of sp³-hybridized carbons (Fsp3) is 1.00. The third kappa shape index (κ3) is 6.99. The predicted octanol–water partition coefficient (Wildman–Crippen LogP) is 0.956. The molecule has 0 amide bonds. The van der Waals surface area contributed by atoms with Crippen LogP contribution in [-0.2, 0) is 0 Å². The fourth-order valence-corrected chi connectivity index (χ4v) is 1.44. The molecular formula is C10H25N3. The van der Waals surface area contributed by atoms with Crippen LogP contribution in [0, 0.1) is 0 Å². The van der Waals surface area contributed by atoms with E-state index in [0.29, 0.717) is 6.67 Å². The molecule has 13 heavy (non-hydrogen) atoms. The summed E-state index contributed by atoms with van der Waals surface area (Å²) in [5, 5.41) is 0. The molecule has 0 saturated heterocycles. The Bertz CT molecular complexity index is 102. The second-order valence-corrected chi connectivity index (χ2v) is 3.55. The van der Waals surface area contributed by atoms with E-state index in [-0.39, 0.29) is 0 Å². The molecule has 2 N–H and O–H groups in total. The Hall–Kier alpha value is -0.120. The van der Waals surface area contributed by atoms with Crippen LogP contribution in [0.1, 0.15) is 26.7 Å². The molecule has 0 unspecified atom stereocenters. The molecule has 3 nitrogen and oxygen atoms in total. The van der Waals surface area contributed by atoms with E-state index in [1.165, 1.54) is 25.9 Å². The molecule has 0 aliphatic carbocycles. The van der Waals surface area contributed by atoms with Crippen LogP contribution in [0.25, 0.3) is 0 Å². The van der Waals surface area contributed by atoms with Gasteiger partial charge in [0, 0.05) is 13.2 Å². The number of nitrogens with zero attached hydrogens (tertiary/aromatic N) is 2. The predicted molar refractivity (Wildman–Crippen MR) is 58.7 cm³/mol. The topological polar surface area (TPSA) is 32.5 Å². The summed E-state index contributed by atoms with van der Waals surface area (Å²) in [6.07, 6.45) is 2.46. The van der Waals surface area contributed by atoms with Crippen LogP contribution in [0.4, 0.5) is 0 Å². The third-order valence-corrected chi connectivity index (χ3v) is 2.32. The highest BCUT2D eigenvalue weighted by molar-refractivity contribution is 4.55. The monoisotopic (exact) mass is 187 g/mol. The van der Waals surface area contributed by atoms with E-state index in [9.17, 15) is 0 Å². The zero-order chi connectivity index (χ0) is 10.1. The van der Waals surface area contributed by atoms with Crippen LogP contribution in [0.15, 0.2) is 0 Å². The number of hydrogen-bond donors (Lipinski definition) is 1. The highest BCUT2D eigenvalue weighted by atomic mass is 15.2. The molecule has 0 aliphatic rings. The van der Waals surface area contributed by atoms with Crippen molar-refractivity contribution in [1.29, 1.82) is 0 Å². The number of hydrogen-bond acceptors (Lipinski definition) is 3. The van der Waals surface area contributed by atoms with Gasteiger partial charge >= 0.3 is 0 Å². The molecule has 0 aromatic carbocycles. The van der Waals surface area contributed by atoms with Crippen molar-refractivity contribution in [2.24, 2.45) is 5.73 Å². The maximum absolute atomic E-state index is 5.57. The summed E-state index contributed by atoms with van der Waals surface area (Å²) in [6, 6.07) is 0. The summed E-state index contributed by atoms with van der Waals surface area (Å²) < 4.78 is 0. The van der Waals surface area contributed by atoms with Gasteiger partial charge in [0.1, 0.15) is 0 Å². The molecule has 0 heterocycles. The largest absolute Gasteiger partial charge is 0.318 e. The summed E-state index contributed by atoms with van der Waals surface area (Å²) >= 11 is 0. The fourth-order valence-electron chi connectivity index (χ4n) is 1.44. The third-order valence-electron chi connectivity index (χ3n) is 2.32. The van der Waals surface area contributed by atoms with Crippen molar-refractivity contribution in [2.75, 3.05) is 39.9 Å². The van der Waals surface area contributed by atoms with Gasteiger partial charge in [0.25, 0.3) is 0 Å². The minimum absolute atomic E-state index is 0.688. The van der Waals surface area contributed by atoms with Gasteiger partial charge in [0.05, 0.1) is 0 Å². The van der Waals surface area contributed by atoms with Gasteiger partial charge in [-0.3, -0.25) is 4.90 Å². The lowest BCUT2D eigenvalue weighted by atomic mass is 10.3. The maximum Gasteiger partial charge on any atom is 0.0455 e. The van der Waals surface area contributed by atoms with Gasteiger partial charge in [0.2, 0.25) is 0 Å². The van der Waals surface area contributed by atoms with Crippen molar-refractivity contribution in [1.82, 2.24) is 9.80 Å². The van der Waals surface area contributed by atoms with E-state index >= 15 is 0 Å². The average molecular weight is 187 g/mol. The Morgan fingerprint density at radius 2 is 1.77 bits per heavy atom. The molecule has 0 fully saturated rings. The van der Waals surface area contributed by atoms with Crippen LogP contribution in [0.5, 0.6) is 0 Å². The number of rotatable bonds is 8. The molecule has 80 valence electrons. The van der Waals surface area contributed by atoms with Crippen LogP contribution in [0.2, 0.25) is 0 Å². The molecule has 0 atom stereocenters. The smallest absolute Gasteiger partial charge is 0.0455 e. The first-order chi connectivity index (χ1) is 6.24. The van der Waals surface area contributed by atoms with Gasteiger partial charge < -0.3 is 10.6 Å². The van der Waals surface area contributed by atoms with E-state index in [0.717, 1.165) is 13.1 Å². The van der Waals surface area contributed by atoms with E-state index < -0.39 is 0 Å². The van der Waals surface area contributed by atoms with Crippen LogP contribution in [-0.4, -0.2) is 49.7 Å². The SMILES string of the molecule is CCCN(C)CCCN(CC)CN. The first-order valence-electron chi connectivity index (χ1n) is 5.35. The molecule has 0 radical (unpaired) electrons. The van der Waals surface area contributed by atoms with Gasteiger partial charge in [-0.25, -0.2) is 0 Å². The van der Waals surface area contributed by atoms with Crippen molar-refractivity contribution in [3.05, 3.63) is 0 Å². The van der Waals surface area contributed by atoms with Crippen molar-refractivity contribution in [2.45, 2.75) is 26.7 Å². The zero-order valence-corrected chi connectivity index (χ0v) is 9.42. The summed E-state index contributed by atoms with van der Waals surface area (Å²) in [5.74, 6) is 0. The first kappa shape index (κ1) is 12.9. The van der Waals surface area contributed by atoms with Crippen molar-refractivity contribution < 1.29 is 0 Å². The second kappa shape index (κ2) is 8.48. The highest BCUT2D eigenvalue weighted by Gasteiger charge is 2.00. The lowest BCUT2D eigenvalue weighted by molar-refractivity contribution is 0.259. The van der Waals surface area contributed by atoms with Crippen LogP contribution < -0.4 is 5.73 Å². The summed E-state index contributed by atoms with van der Waals surface area (Å²) in [4.78, 5) is 4.64. The van der Waals surface area contributed by atoms with Gasteiger partial charge in [-0.1, -0.05) is 13.8 Å². The molecule has 0 bridgehead atoms. The minimum atomic E-state index is 0.688. The normalized spacial score (nSPS) is 11.5. The van der Waals surface area contributed by atoms with Crippen molar-refractivity contribution >= 4 is 0 Å². The van der Waals surface area contributed by atoms with Gasteiger partial charge in [0.15, 0.2) is 0 Å². The quantitative estimate of drug-likeness (QED) is 0.574. The molecule has 0 aromatic rings. The molecule has 0 aliphatic heterocycles. The van der Waals surface area contributed by atoms with Gasteiger partial charge in [-0.15, -0.1) is 0 Å². The van der Waals surface area contributed by atoms with E-state index in [4.69, 9.17) is 5.73 Å². The standard InChI is InChI=1S/C10H25N3/c1-4-7-12(3)8-6-9-13(5-2)10-11/h4-11H2,1-3H3. The van der Waals surface area contributed by atoms with Crippen molar-refractivity contribution in [3.63, 3.8) is 0 Å². The van der Waals surface area contributed by atoms with E-state index in [2.05, 4.69) is 30.7 Å². The van der Waals surface area contributed by atoms with Gasteiger partial charge in [-0.05, 0) is 39.5 Å². The number of nitrogens with two attached hydrogens (primary N) is 1. The molecule has 0 rings (SSSR count). The highest BCUT2D eigenvalue weighted by Crippen LogP contribution is 1.92. The average Bonchev–Trinajstić information content (AvgIpc) is 2.13. The summed E-state index contributed by atoms with van der Waals surface area (Å²) in [5.41, 5.74) is 5.57.